The number of benzene rings is 1. The predicted octanol–water partition coefficient (Wildman–Crippen LogP) is 3.11. The second kappa shape index (κ2) is 6.05. The van der Waals surface area contributed by atoms with Crippen LogP contribution in [0.3, 0.4) is 0 Å². The fraction of sp³-hybridized carbons (Fsp3) is 0.0667. The molecule has 1 aromatic carbocycles. The second-order valence-corrected chi connectivity index (χ2v) is 5.25. The highest BCUT2D eigenvalue weighted by atomic mass is 35.5. The van der Waals surface area contributed by atoms with Gasteiger partial charge in [0.05, 0.1) is 17.7 Å². The predicted molar refractivity (Wildman–Crippen MR) is 83.4 cm³/mol. The van der Waals surface area contributed by atoms with Crippen molar-refractivity contribution in [3.8, 4) is 11.3 Å². The van der Waals surface area contributed by atoms with Gasteiger partial charge in [0.15, 0.2) is 5.76 Å². The Bertz CT molecular complexity index is 915. The van der Waals surface area contributed by atoms with Gasteiger partial charge in [-0.25, -0.2) is 0 Å². The molecule has 2 heterocycles. The van der Waals surface area contributed by atoms with Crippen molar-refractivity contribution in [3.63, 3.8) is 0 Å². The van der Waals surface area contributed by atoms with E-state index in [2.05, 4.69) is 5.16 Å². The molecule has 0 aliphatic rings. The summed E-state index contributed by atoms with van der Waals surface area (Å²) in [7, 11) is 0. The maximum atomic E-state index is 11.4. The van der Waals surface area contributed by atoms with Gasteiger partial charge in [-0.1, -0.05) is 28.9 Å². The lowest BCUT2D eigenvalue weighted by molar-refractivity contribution is -0.386. The van der Waals surface area contributed by atoms with E-state index in [1.165, 1.54) is 17.0 Å². The summed E-state index contributed by atoms with van der Waals surface area (Å²) in [6, 6.07) is 10.00. The molecule has 0 atom stereocenters. The van der Waals surface area contributed by atoms with Gasteiger partial charge < -0.3 is 9.09 Å². The van der Waals surface area contributed by atoms with Crippen LogP contribution in [0, 0.1) is 10.1 Å². The highest BCUT2D eigenvalue weighted by Gasteiger charge is 2.13. The lowest BCUT2D eigenvalue weighted by Crippen LogP contribution is -2.11. The highest BCUT2D eigenvalue weighted by Crippen LogP contribution is 2.21. The van der Waals surface area contributed by atoms with E-state index in [-0.39, 0.29) is 6.54 Å². The first-order valence-electron chi connectivity index (χ1n) is 6.59. The summed E-state index contributed by atoms with van der Waals surface area (Å²) in [6.07, 6.45) is 2.63. The van der Waals surface area contributed by atoms with E-state index in [1.807, 2.05) is 12.1 Å². The average molecular weight is 332 g/mol. The molecule has 0 spiro atoms. The Hall–Kier alpha value is -2.93. The first-order valence-corrected chi connectivity index (χ1v) is 6.97. The molecule has 3 rings (SSSR count). The summed E-state index contributed by atoms with van der Waals surface area (Å²) < 4.78 is 6.72. The minimum Gasteiger partial charge on any atom is -0.359 e. The minimum absolute atomic E-state index is 0.224. The van der Waals surface area contributed by atoms with E-state index < -0.39 is 16.0 Å². The number of hydrogen-bond donors (Lipinski definition) is 0. The highest BCUT2D eigenvalue weighted by molar-refractivity contribution is 6.30. The van der Waals surface area contributed by atoms with E-state index >= 15 is 0 Å². The van der Waals surface area contributed by atoms with Crippen LogP contribution in [-0.2, 0) is 6.54 Å². The van der Waals surface area contributed by atoms with Gasteiger partial charge in [-0.2, -0.15) is 0 Å². The van der Waals surface area contributed by atoms with Crippen LogP contribution in [0.5, 0.6) is 0 Å². The molecule has 116 valence electrons. The third-order valence-corrected chi connectivity index (χ3v) is 3.44. The molecule has 0 saturated carbocycles. The quantitative estimate of drug-likeness (QED) is 0.541. The van der Waals surface area contributed by atoms with Crippen LogP contribution in [0.15, 0.2) is 58.1 Å². The zero-order chi connectivity index (χ0) is 16.4. The Morgan fingerprint density at radius 1 is 1.26 bits per heavy atom. The van der Waals surface area contributed by atoms with E-state index in [0.29, 0.717) is 16.5 Å². The molecule has 0 fully saturated rings. The van der Waals surface area contributed by atoms with Crippen LogP contribution in [0.2, 0.25) is 5.02 Å². The van der Waals surface area contributed by atoms with Crippen molar-refractivity contribution in [1.29, 1.82) is 0 Å². The van der Waals surface area contributed by atoms with Crippen molar-refractivity contribution >= 4 is 17.3 Å². The SMILES string of the molecule is O=c1ccn(Cc2cc(-c3ccc(Cl)cc3)no2)cc1[N+](=O)[O-]. The Labute approximate surface area is 134 Å². The number of hydrogen-bond acceptors (Lipinski definition) is 5. The summed E-state index contributed by atoms with van der Waals surface area (Å²) in [5.74, 6) is 0.507. The second-order valence-electron chi connectivity index (χ2n) is 4.81. The van der Waals surface area contributed by atoms with Crippen LogP contribution in [0.4, 0.5) is 5.69 Å². The molecule has 7 nitrogen and oxygen atoms in total. The number of halogens is 1. The standard InChI is InChI=1S/C15H10ClN3O4/c16-11-3-1-10(2-4-11)13-7-12(23-17-13)8-18-6-5-15(20)14(9-18)19(21)22/h1-7,9H,8H2. The Kier molecular flexibility index (Phi) is 3.94. The van der Waals surface area contributed by atoms with E-state index in [0.717, 1.165) is 11.6 Å². The Morgan fingerprint density at radius 2 is 2.00 bits per heavy atom. The topological polar surface area (TPSA) is 91.2 Å². The lowest BCUT2D eigenvalue weighted by Gasteiger charge is -2.01. The molecule has 0 amide bonds. The van der Waals surface area contributed by atoms with Crippen molar-refractivity contribution in [3.05, 3.63) is 79.9 Å². The normalized spacial score (nSPS) is 10.7. The fourth-order valence-electron chi connectivity index (χ4n) is 2.07. The third kappa shape index (κ3) is 3.29. The van der Waals surface area contributed by atoms with Crippen LogP contribution < -0.4 is 5.43 Å². The van der Waals surface area contributed by atoms with Crippen molar-refractivity contribution in [1.82, 2.24) is 9.72 Å². The number of rotatable bonds is 4. The molecule has 0 aliphatic heterocycles. The van der Waals surface area contributed by atoms with E-state index in [4.69, 9.17) is 16.1 Å². The zero-order valence-corrected chi connectivity index (χ0v) is 12.4. The molecule has 0 N–H and O–H groups in total. The molecule has 23 heavy (non-hydrogen) atoms. The molecular weight excluding hydrogens is 322 g/mol. The van der Waals surface area contributed by atoms with Crippen molar-refractivity contribution in [2.75, 3.05) is 0 Å². The molecular formula is C15H10ClN3O4. The van der Waals surface area contributed by atoms with Crippen molar-refractivity contribution in [2.24, 2.45) is 0 Å². The number of pyridine rings is 1. The number of nitrogens with zero attached hydrogens (tertiary/aromatic N) is 3. The summed E-state index contributed by atoms with van der Waals surface area (Å²) in [4.78, 5) is 21.5. The van der Waals surface area contributed by atoms with Crippen LogP contribution >= 0.6 is 11.6 Å². The third-order valence-electron chi connectivity index (χ3n) is 3.19. The van der Waals surface area contributed by atoms with Crippen molar-refractivity contribution < 1.29 is 9.45 Å². The number of nitro groups is 1. The molecule has 0 aliphatic carbocycles. The molecule has 0 unspecified atom stereocenters. The molecule has 8 heteroatoms. The zero-order valence-electron chi connectivity index (χ0n) is 11.7. The maximum absolute atomic E-state index is 11.4. The van der Waals surface area contributed by atoms with Gasteiger partial charge in [-0.15, -0.1) is 0 Å². The van der Waals surface area contributed by atoms with Gasteiger partial charge in [0.1, 0.15) is 5.69 Å². The summed E-state index contributed by atoms with van der Waals surface area (Å²) in [5.41, 5.74) is 0.359. The van der Waals surface area contributed by atoms with E-state index in [1.54, 1.807) is 18.2 Å². The summed E-state index contributed by atoms with van der Waals surface area (Å²) in [5, 5.41) is 15.4. The van der Waals surface area contributed by atoms with Crippen LogP contribution in [-0.4, -0.2) is 14.6 Å². The van der Waals surface area contributed by atoms with Crippen LogP contribution in [0.1, 0.15) is 5.76 Å². The molecule has 3 aromatic rings. The summed E-state index contributed by atoms with van der Waals surface area (Å²) >= 11 is 5.84. The largest absolute Gasteiger partial charge is 0.359 e. The monoisotopic (exact) mass is 331 g/mol. The smallest absolute Gasteiger partial charge is 0.332 e. The molecule has 0 radical (unpaired) electrons. The lowest BCUT2D eigenvalue weighted by atomic mass is 10.1. The van der Waals surface area contributed by atoms with Gasteiger partial charge in [0.2, 0.25) is 0 Å². The van der Waals surface area contributed by atoms with Gasteiger partial charge in [0.25, 0.3) is 5.43 Å². The van der Waals surface area contributed by atoms with E-state index in [9.17, 15) is 14.9 Å². The fourth-order valence-corrected chi connectivity index (χ4v) is 2.20. The van der Waals surface area contributed by atoms with Gasteiger partial charge in [-0.05, 0) is 12.1 Å². The van der Waals surface area contributed by atoms with Gasteiger partial charge >= 0.3 is 5.69 Å². The van der Waals surface area contributed by atoms with Gasteiger partial charge in [0, 0.05) is 28.9 Å². The average Bonchev–Trinajstić information content (AvgIpc) is 2.98. The number of aromatic nitrogens is 2. The van der Waals surface area contributed by atoms with Crippen molar-refractivity contribution in [2.45, 2.75) is 6.54 Å². The molecule has 2 aromatic heterocycles. The molecule has 0 saturated heterocycles. The maximum Gasteiger partial charge on any atom is 0.332 e. The Morgan fingerprint density at radius 3 is 2.70 bits per heavy atom. The molecule has 0 bridgehead atoms. The first kappa shape index (κ1) is 15.0. The first-order chi connectivity index (χ1) is 11.0. The van der Waals surface area contributed by atoms with Crippen LogP contribution in [0.25, 0.3) is 11.3 Å². The van der Waals surface area contributed by atoms with Gasteiger partial charge in [-0.3, -0.25) is 14.9 Å². The summed E-state index contributed by atoms with van der Waals surface area (Å²) in [6.45, 7) is 0.224. The Balaban J connectivity index is 1.84. The minimum atomic E-state index is -0.710.